The van der Waals surface area contributed by atoms with Crippen molar-refractivity contribution >= 4 is 16.9 Å². The maximum absolute atomic E-state index is 12.2. The van der Waals surface area contributed by atoms with Gasteiger partial charge < -0.3 is 15.1 Å². The number of rotatable bonds is 2. The Kier molecular flexibility index (Phi) is 3.49. The Bertz CT molecular complexity index is 600. The van der Waals surface area contributed by atoms with E-state index in [4.69, 9.17) is 4.42 Å². The predicted octanol–water partition coefficient (Wildman–Crippen LogP) is 2.53. The Hall–Kier alpha value is -1.81. The van der Waals surface area contributed by atoms with Gasteiger partial charge in [-0.3, -0.25) is 4.79 Å². The number of nitrogens with one attached hydrogen (secondary N) is 2. The van der Waals surface area contributed by atoms with E-state index < -0.39 is 0 Å². The minimum absolute atomic E-state index is 0.108. The first-order chi connectivity index (χ1) is 9.63. The number of fused-ring (bicyclic) bond motifs is 1. The summed E-state index contributed by atoms with van der Waals surface area (Å²) < 4.78 is 5.68. The van der Waals surface area contributed by atoms with Crippen LogP contribution in [0.15, 0.2) is 22.6 Å². The second-order valence-electron chi connectivity index (χ2n) is 5.58. The van der Waals surface area contributed by atoms with Crippen LogP contribution in [0, 0.1) is 13.8 Å². The van der Waals surface area contributed by atoms with E-state index in [1.54, 1.807) is 0 Å². The molecule has 2 aromatic rings. The molecule has 0 bridgehead atoms. The van der Waals surface area contributed by atoms with Gasteiger partial charge in [0, 0.05) is 11.4 Å². The number of furan rings is 1. The molecule has 1 fully saturated rings. The van der Waals surface area contributed by atoms with Crippen molar-refractivity contribution in [1.82, 2.24) is 10.6 Å². The molecule has 0 unspecified atom stereocenters. The van der Waals surface area contributed by atoms with E-state index in [0.29, 0.717) is 5.76 Å². The van der Waals surface area contributed by atoms with Crippen LogP contribution >= 0.6 is 0 Å². The van der Waals surface area contributed by atoms with Crippen LogP contribution in [0.4, 0.5) is 0 Å². The fraction of sp³-hybridized carbons (Fsp3) is 0.438. The van der Waals surface area contributed by atoms with E-state index in [1.165, 1.54) is 11.1 Å². The molecule has 1 aliphatic heterocycles. The highest BCUT2D eigenvalue weighted by Crippen LogP contribution is 2.23. The van der Waals surface area contributed by atoms with E-state index in [1.807, 2.05) is 19.1 Å². The summed E-state index contributed by atoms with van der Waals surface area (Å²) in [5.74, 6) is 0.298. The molecule has 0 saturated carbocycles. The highest BCUT2D eigenvalue weighted by atomic mass is 16.3. The number of aryl methyl sites for hydroxylation is 2. The number of hydrogen-bond acceptors (Lipinski definition) is 3. The molecule has 1 amide bonds. The first-order valence-electron chi connectivity index (χ1n) is 7.16. The van der Waals surface area contributed by atoms with Gasteiger partial charge in [0.25, 0.3) is 5.91 Å². The molecule has 1 saturated heterocycles. The van der Waals surface area contributed by atoms with E-state index in [9.17, 15) is 4.79 Å². The molecule has 2 N–H and O–H groups in total. The molecular weight excluding hydrogens is 252 g/mol. The maximum atomic E-state index is 12.2. The summed E-state index contributed by atoms with van der Waals surface area (Å²) in [6.07, 6.45) is 1.95. The molecule has 20 heavy (non-hydrogen) atoms. The van der Waals surface area contributed by atoms with Gasteiger partial charge in [0.05, 0.1) is 0 Å². The standard InChI is InChI=1S/C16H20N2O2/c1-10-7-12-9-15(20-14(12)8-11(10)2)16(19)18-13-3-5-17-6-4-13/h7-9,13,17H,3-6H2,1-2H3,(H,18,19). The SMILES string of the molecule is Cc1cc2cc(C(=O)NC3CCNCC3)oc2cc1C. The number of benzene rings is 1. The van der Waals surface area contributed by atoms with E-state index in [0.717, 1.165) is 36.9 Å². The number of carbonyl (C=O) groups excluding carboxylic acids is 1. The molecule has 2 heterocycles. The second-order valence-corrected chi connectivity index (χ2v) is 5.58. The van der Waals surface area contributed by atoms with Gasteiger partial charge in [0.1, 0.15) is 5.58 Å². The Labute approximate surface area is 118 Å². The first-order valence-corrected chi connectivity index (χ1v) is 7.16. The zero-order valence-electron chi connectivity index (χ0n) is 12.0. The molecule has 1 aromatic carbocycles. The Morgan fingerprint density at radius 2 is 1.90 bits per heavy atom. The van der Waals surface area contributed by atoms with Gasteiger partial charge in [-0.25, -0.2) is 0 Å². The van der Waals surface area contributed by atoms with E-state index in [-0.39, 0.29) is 11.9 Å². The molecule has 3 rings (SSSR count). The number of piperidine rings is 1. The van der Waals surface area contributed by atoms with E-state index in [2.05, 4.69) is 23.6 Å². The zero-order valence-corrected chi connectivity index (χ0v) is 12.0. The number of hydrogen-bond donors (Lipinski definition) is 2. The van der Waals surface area contributed by atoms with Crippen molar-refractivity contribution in [1.29, 1.82) is 0 Å². The maximum Gasteiger partial charge on any atom is 0.287 e. The van der Waals surface area contributed by atoms with Crippen molar-refractivity contribution in [2.24, 2.45) is 0 Å². The van der Waals surface area contributed by atoms with E-state index >= 15 is 0 Å². The van der Waals surface area contributed by atoms with Crippen LogP contribution in [0.5, 0.6) is 0 Å². The average molecular weight is 272 g/mol. The topological polar surface area (TPSA) is 54.3 Å². The summed E-state index contributed by atoms with van der Waals surface area (Å²) >= 11 is 0. The van der Waals surface area contributed by atoms with Crippen molar-refractivity contribution in [3.05, 3.63) is 35.1 Å². The van der Waals surface area contributed by atoms with Crippen LogP contribution in [0.3, 0.4) is 0 Å². The highest BCUT2D eigenvalue weighted by Gasteiger charge is 2.19. The molecule has 1 aromatic heterocycles. The molecule has 4 nitrogen and oxygen atoms in total. The normalized spacial score (nSPS) is 16.5. The highest BCUT2D eigenvalue weighted by molar-refractivity contribution is 5.96. The lowest BCUT2D eigenvalue weighted by atomic mass is 10.1. The van der Waals surface area contributed by atoms with Crippen LogP contribution in [-0.2, 0) is 0 Å². The van der Waals surface area contributed by atoms with Gasteiger partial charge in [-0.05, 0) is 69.1 Å². The number of carbonyl (C=O) groups is 1. The van der Waals surface area contributed by atoms with Crippen molar-refractivity contribution in [2.75, 3.05) is 13.1 Å². The minimum Gasteiger partial charge on any atom is -0.451 e. The summed E-state index contributed by atoms with van der Waals surface area (Å²) in [5.41, 5.74) is 3.17. The summed E-state index contributed by atoms with van der Waals surface area (Å²) in [7, 11) is 0. The lowest BCUT2D eigenvalue weighted by Gasteiger charge is -2.23. The Morgan fingerprint density at radius 1 is 1.20 bits per heavy atom. The first kappa shape index (κ1) is 13.2. The zero-order chi connectivity index (χ0) is 14.1. The summed E-state index contributed by atoms with van der Waals surface area (Å²) in [5, 5.41) is 7.33. The lowest BCUT2D eigenvalue weighted by molar-refractivity contribution is 0.0903. The lowest BCUT2D eigenvalue weighted by Crippen LogP contribution is -2.42. The van der Waals surface area contributed by atoms with Gasteiger partial charge in [-0.2, -0.15) is 0 Å². The van der Waals surface area contributed by atoms with Crippen molar-refractivity contribution in [3.63, 3.8) is 0 Å². The summed E-state index contributed by atoms with van der Waals surface area (Å²) in [4.78, 5) is 12.2. The molecule has 0 radical (unpaired) electrons. The van der Waals surface area contributed by atoms with Crippen LogP contribution in [0.2, 0.25) is 0 Å². The van der Waals surface area contributed by atoms with Crippen LogP contribution in [-0.4, -0.2) is 25.0 Å². The van der Waals surface area contributed by atoms with Crippen molar-refractivity contribution in [3.8, 4) is 0 Å². The Morgan fingerprint density at radius 3 is 2.65 bits per heavy atom. The average Bonchev–Trinajstić information content (AvgIpc) is 2.83. The molecular formula is C16H20N2O2. The van der Waals surface area contributed by atoms with Crippen molar-refractivity contribution in [2.45, 2.75) is 32.7 Å². The van der Waals surface area contributed by atoms with Crippen molar-refractivity contribution < 1.29 is 9.21 Å². The monoisotopic (exact) mass is 272 g/mol. The van der Waals surface area contributed by atoms with Gasteiger partial charge in [0.2, 0.25) is 0 Å². The van der Waals surface area contributed by atoms with Crippen LogP contribution in [0.1, 0.15) is 34.5 Å². The third kappa shape index (κ3) is 2.56. The van der Waals surface area contributed by atoms with Crippen LogP contribution < -0.4 is 10.6 Å². The molecule has 0 aliphatic carbocycles. The van der Waals surface area contributed by atoms with Crippen LogP contribution in [0.25, 0.3) is 11.0 Å². The molecule has 4 heteroatoms. The third-order valence-electron chi connectivity index (χ3n) is 4.03. The largest absolute Gasteiger partial charge is 0.451 e. The van der Waals surface area contributed by atoms with Gasteiger partial charge in [-0.1, -0.05) is 0 Å². The second kappa shape index (κ2) is 5.29. The molecule has 1 aliphatic rings. The fourth-order valence-corrected chi connectivity index (χ4v) is 2.64. The smallest absolute Gasteiger partial charge is 0.287 e. The van der Waals surface area contributed by atoms with Gasteiger partial charge in [-0.15, -0.1) is 0 Å². The summed E-state index contributed by atoms with van der Waals surface area (Å²) in [6, 6.07) is 6.14. The van der Waals surface area contributed by atoms with Gasteiger partial charge in [0.15, 0.2) is 5.76 Å². The minimum atomic E-state index is -0.108. The number of amides is 1. The van der Waals surface area contributed by atoms with Gasteiger partial charge >= 0.3 is 0 Å². The molecule has 0 atom stereocenters. The molecule has 106 valence electrons. The molecule has 0 spiro atoms. The predicted molar refractivity (Wildman–Crippen MR) is 79.0 cm³/mol. The quantitative estimate of drug-likeness (QED) is 0.883. The summed E-state index contributed by atoms with van der Waals surface area (Å²) in [6.45, 7) is 6.04. The third-order valence-corrected chi connectivity index (χ3v) is 4.03. The Balaban J connectivity index is 1.80. The fourth-order valence-electron chi connectivity index (χ4n) is 2.64.